The number of rotatable bonds is 4. The number of fused-ring (bicyclic) bond motifs is 1. The van der Waals surface area contributed by atoms with Crippen molar-refractivity contribution in [3.8, 4) is 0 Å². The van der Waals surface area contributed by atoms with Crippen LogP contribution < -0.4 is 10.6 Å². The number of amides is 1. The van der Waals surface area contributed by atoms with E-state index in [0.717, 1.165) is 11.4 Å². The van der Waals surface area contributed by atoms with E-state index in [9.17, 15) is 4.79 Å². The topological polar surface area (TPSA) is 68.5 Å². The number of aromatic nitrogens is 1. The molecule has 1 unspecified atom stereocenters. The average Bonchev–Trinajstić information content (AvgIpc) is 2.41. The van der Waals surface area contributed by atoms with Gasteiger partial charge >= 0.3 is 0 Å². The van der Waals surface area contributed by atoms with E-state index in [-0.39, 0.29) is 10.9 Å². The first-order valence-electron chi connectivity index (χ1n) is 7.78. The predicted octanol–water partition coefficient (Wildman–Crippen LogP) is 2.32. The van der Waals surface area contributed by atoms with Crippen molar-refractivity contribution in [3.63, 3.8) is 0 Å². The molecule has 0 aromatic carbocycles. The van der Waals surface area contributed by atoms with Crippen LogP contribution >= 0.6 is 0 Å². The number of nitrogens with two attached hydrogens (primary N) is 1. The lowest BCUT2D eigenvalue weighted by molar-refractivity contribution is -0.120. The zero-order valence-electron chi connectivity index (χ0n) is 14.2. The molecule has 0 saturated carbocycles. The zero-order chi connectivity index (χ0) is 16.5. The highest BCUT2D eigenvalue weighted by atomic mass is 28.4. The van der Waals surface area contributed by atoms with Crippen molar-refractivity contribution in [2.45, 2.75) is 51.4 Å². The van der Waals surface area contributed by atoms with Gasteiger partial charge in [0.1, 0.15) is 0 Å². The standard InChI is InChI=1S/C16H27N3O2Si/c1-16(2,3)22(4,5)21-10-9-19-14-7-6-8-18-13(14)11-12(17)15(19)20/h6-8,12H,9-11,17H2,1-5H3. The third-order valence-corrected chi connectivity index (χ3v) is 9.28. The van der Waals surface area contributed by atoms with Crippen LogP contribution in [0.15, 0.2) is 18.3 Å². The summed E-state index contributed by atoms with van der Waals surface area (Å²) in [4.78, 5) is 18.4. The molecule has 0 bridgehead atoms. The Hall–Kier alpha value is -1.24. The smallest absolute Gasteiger partial charge is 0.244 e. The first kappa shape index (κ1) is 17.1. The maximum atomic E-state index is 12.4. The second kappa shape index (κ2) is 6.10. The molecule has 0 radical (unpaired) electrons. The van der Waals surface area contributed by atoms with Gasteiger partial charge < -0.3 is 15.1 Å². The Kier molecular flexibility index (Phi) is 4.75. The van der Waals surface area contributed by atoms with Gasteiger partial charge in [0.25, 0.3) is 0 Å². The summed E-state index contributed by atoms with van der Waals surface area (Å²) in [5.41, 5.74) is 7.71. The lowest BCUT2D eigenvalue weighted by Gasteiger charge is -2.37. The fraction of sp³-hybridized carbons (Fsp3) is 0.625. The lowest BCUT2D eigenvalue weighted by atomic mass is 10.0. The summed E-state index contributed by atoms with van der Waals surface area (Å²) in [6, 6.07) is 3.28. The van der Waals surface area contributed by atoms with Gasteiger partial charge in [-0.15, -0.1) is 0 Å². The van der Waals surface area contributed by atoms with Crippen LogP contribution in [0.25, 0.3) is 0 Å². The molecule has 0 saturated heterocycles. The molecule has 0 spiro atoms. The van der Waals surface area contributed by atoms with Crippen LogP contribution in [0.4, 0.5) is 5.69 Å². The van der Waals surface area contributed by atoms with E-state index in [1.165, 1.54) is 0 Å². The van der Waals surface area contributed by atoms with Crippen molar-refractivity contribution in [2.24, 2.45) is 5.73 Å². The minimum atomic E-state index is -1.80. The maximum absolute atomic E-state index is 12.4. The quantitative estimate of drug-likeness (QED) is 0.864. The average molecular weight is 321 g/mol. The molecule has 1 amide bonds. The number of hydrogen-bond acceptors (Lipinski definition) is 4. The third-order valence-electron chi connectivity index (χ3n) is 4.74. The molecule has 1 atom stereocenters. The van der Waals surface area contributed by atoms with E-state index in [0.29, 0.717) is 19.6 Å². The molecule has 2 N–H and O–H groups in total. The van der Waals surface area contributed by atoms with Crippen LogP contribution in [0.5, 0.6) is 0 Å². The minimum absolute atomic E-state index is 0.0423. The molecular weight excluding hydrogens is 294 g/mol. The number of anilines is 1. The highest BCUT2D eigenvalue weighted by molar-refractivity contribution is 6.74. The van der Waals surface area contributed by atoms with Gasteiger partial charge in [0.2, 0.25) is 5.91 Å². The summed E-state index contributed by atoms with van der Waals surface area (Å²) in [7, 11) is -1.80. The van der Waals surface area contributed by atoms with E-state index >= 15 is 0 Å². The number of carbonyl (C=O) groups excluding carboxylic acids is 1. The summed E-state index contributed by atoms with van der Waals surface area (Å²) in [6.07, 6.45) is 2.25. The van der Waals surface area contributed by atoms with Crippen molar-refractivity contribution < 1.29 is 9.22 Å². The largest absolute Gasteiger partial charge is 0.415 e. The van der Waals surface area contributed by atoms with Crippen LogP contribution in [-0.4, -0.2) is 38.4 Å². The molecular formula is C16H27N3O2Si. The summed E-state index contributed by atoms with van der Waals surface area (Å²) in [6.45, 7) is 12.1. The Balaban J connectivity index is 2.08. The molecule has 2 heterocycles. The number of pyridine rings is 1. The van der Waals surface area contributed by atoms with Gasteiger partial charge in [-0.25, -0.2) is 0 Å². The molecule has 2 rings (SSSR count). The molecule has 22 heavy (non-hydrogen) atoms. The molecule has 1 aromatic heterocycles. The van der Waals surface area contributed by atoms with E-state index in [2.05, 4.69) is 38.8 Å². The number of carbonyl (C=O) groups is 1. The highest BCUT2D eigenvalue weighted by Crippen LogP contribution is 2.36. The van der Waals surface area contributed by atoms with Gasteiger partial charge in [-0.05, 0) is 30.3 Å². The molecule has 6 heteroatoms. The van der Waals surface area contributed by atoms with Crippen LogP contribution in [-0.2, 0) is 15.6 Å². The van der Waals surface area contributed by atoms with Crippen molar-refractivity contribution >= 4 is 19.9 Å². The van der Waals surface area contributed by atoms with Gasteiger partial charge in [-0.2, -0.15) is 0 Å². The normalized spacial score (nSPS) is 19.3. The van der Waals surface area contributed by atoms with E-state index < -0.39 is 14.4 Å². The minimum Gasteiger partial charge on any atom is -0.415 e. The second-order valence-corrected chi connectivity index (χ2v) is 12.2. The Morgan fingerprint density at radius 3 is 2.77 bits per heavy atom. The second-order valence-electron chi connectivity index (χ2n) is 7.38. The first-order chi connectivity index (χ1) is 10.1. The van der Waals surface area contributed by atoms with Crippen molar-refractivity contribution in [2.75, 3.05) is 18.1 Å². The fourth-order valence-electron chi connectivity index (χ4n) is 2.29. The van der Waals surface area contributed by atoms with Crippen molar-refractivity contribution in [1.82, 2.24) is 4.98 Å². The van der Waals surface area contributed by atoms with Crippen molar-refractivity contribution in [3.05, 3.63) is 24.0 Å². The molecule has 1 aliphatic rings. The Labute approximate surface area is 134 Å². The van der Waals surface area contributed by atoms with E-state index in [1.807, 2.05) is 12.1 Å². The van der Waals surface area contributed by atoms with Crippen LogP contribution in [0.2, 0.25) is 18.1 Å². The van der Waals surface area contributed by atoms with E-state index in [4.69, 9.17) is 10.2 Å². The summed E-state index contributed by atoms with van der Waals surface area (Å²) < 4.78 is 6.18. The van der Waals surface area contributed by atoms with Gasteiger partial charge in [0.15, 0.2) is 8.32 Å². The molecule has 5 nitrogen and oxygen atoms in total. The van der Waals surface area contributed by atoms with E-state index in [1.54, 1.807) is 11.1 Å². The third kappa shape index (κ3) is 3.39. The van der Waals surface area contributed by atoms with Crippen molar-refractivity contribution in [1.29, 1.82) is 0 Å². The molecule has 1 aromatic rings. The number of hydrogen-bond donors (Lipinski definition) is 1. The molecule has 0 fully saturated rings. The molecule has 122 valence electrons. The Bertz CT molecular complexity index is 555. The maximum Gasteiger partial charge on any atom is 0.244 e. The van der Waals surface area contributed by atoms with Gasteiger partial charge in [-0.1, -0.05) is 20.8 Å². The van der Waals surface area contributed by atoms with Crippen LogP contribution in [0.3, 0.4) is 0 Å². The van der Waals surface area contributed by atoms with Crippen LogP contribution in [0.1, 0.15) is 26.5 Å². The van der Waals surface area contributed by atoms with Crippen LogP contribution in [0, 0.1) is 0 Å². The number of nitrogens with zero attached hydrogens (tertiary/aromatic N) is 2. The summed E-state index contributed by atoms with van der Waals surface area (Å²) in [5.74, 6) is -0.0423. The highest BCUT2D eigenvalue weighted by Gasteiger charge is 2.37. The monoisotopic (exact) mass is 321 g/mol. The summed E-state index contributed by atoms with van der Waals surface area (Å²) in [5, 5.41) is 0.161. The van der Waals surface area contributed by atoms with Gasteiger partial charge in [0, 0.05) is 19.2 Å². The van der Waals surface area contributed by atoms with Gasteiger partial charge in [-0.3, -0.25) is 9.78 Å². The fourth-order valence-corrected chi connectivity index (χ4v) is 3.32. The SMILES string of the molecule is CC(C)(C)[Si](C)(C)OCCN1C(=O)C(N)Cc2ncccc21. The lowest BCUT2D eigenvalue weighted by Crippen LogP contribution is -2.51. The molecule has 0 aliphatic carbocycles. The Morgan fingerprint density at radius 1 is 1.45 bits per heavy atom. The molecule has 1 aliphatic heterocycles. The Morgan fingerprint density at radius 2 is 2.14 bits per heavy atom. The summed E-state index contributed by atoms with van der Waals surface area (Å²) >= 11 is 0. The zero-order valence-corrected chi connectivity index (χ0v) is 15.2. The first-order valence-corrected chi connectivity index (χ1v) is 10.7. The predicted molar refractivity (Wildman–Crippen MR) is 91.4 cm³/mol. The van der Waals surface area contributed by atoms with Gasteiger partial charge in [0.05, 0.1) is 24.0 Å².